The number of rotatable bonds is 7. The first-order chi connectivity index (χ1) is 16.3. The van der Waals surface area contributed by atoms with Crippen molar-refractivity contribution in [1.82, 2.24) is 18.7 Å². The van der Waals surface area contributed by atoms with Crippen LogP contribution in [0.5, 0.6) is 0 Å². The molecule has 0 unspecified atom stereocenters. The molecular formula is C24H22ClN5O3S. The Bertz CT molecular complexity index is 1490. The first-order valence-electron chi connectivity index (χ1n) is 10.4. The van der Waals surface area contributed by atoms with Crippen LogP contribution in [0.2, 0.25) is 5.02 Å². The van der Waals surface area contributed by atoms with Crippen molar-refractivity contribution in [1.29, 1.82) is 0 Å². The van der Waals surface area contributed by atoms with Crippen molar-refractivity contribution in [3.63, 3.8) is 0 Å². The predicted octanol–water partition coefficient (Wildman–Crippen LogP) is 3.53. The molecule has 0 spiro atoms. The third-order valence-electron chi connectivity index (χ3n) is 5.17. The lowest BCUT2D eigenvalue weighted by molar-refractivity contribution is -0.113. The molecule has 8 nitrogen and oxygen atoms in total. The topological polar surface area (TPSA) is 90.9 Å². The van der Waals surface area contributed by atoms with Crippen LogP contribution in [0.25, 0.3) is 17.2 Å². The Kier molecular flexibility index (Phi) is 7.04. The number of carbonyl (C=O) groups excluding carboxylic acids is 1. The first-order valence-corrected chi connectivity index (χ1v) is 11.8. The molecule has 2 heterocycles. The summed E-state index contributed by atoms with van der Waals surface area (Å²) >= 11 is 7.08. The van der Waals surface area contributed by atoms with Gasteiger partial charge in [-0.3, -0.25) is 18.7 Å². The lowest BCUT2D eigenvalue weighted by atomic mass is 10.2. The van der Waals surface area contributed by atoms with Gasteiger partial charge in [-0.05, 0) is 29.8 Å². The van der Waals surface area contributed by atoms with Crippen molar-refractivity contribution in [2.75, 3.05) is 11.1 Å². The smallest absolute Gasteiger partial charge is 0.325 e. The lowest BCUT2D eigenvalue weighted by Gasteiger charge is -2.08. The van der Waals surface area contributed by atoms with E-state index in [1.807, 2.05) is 42.5 Å². The zero-order valence-corrected chi connectivity index (χ0v) is 20.1. The number of hydrogen-bond acceptors (Lipinski definition) is 5. The van der Waals surface area contributed by atoms with Crippen LogP contribution in [0, 0.1) is 0 Å². The molecule has 2 aromatic heterocycles. The number of halogens is 1. The maximum absolute atomic E-state index is 12.9. The zero-order valence-electron chi connectivity index (χ0n) is 18.6. The highest BCUT2D eigenvalue weighted by Crippen LogP contribution is 2.22. The third-order valence-corrected chi connectivity index (χ3v) is 6.40. The van der Waals surface area contributed by atoms with Gasteiger partial charge in [0.1, 0.15) is 0 Å². The van der Waals surface area contributed by atoms with Crippen LogP contribution < -0.4 is 16.6 Å². The number of nitrogens with one attached hydrogen (secondary N) is 1. The number of hydrogen-bond donors (Lipinski definition) is 1. The van der Waals surface area contributed by atoms with E-state index in [4.69, 9.17) is 11.6 Å². The molecule has 0 radical (unpaired) electrons. The minimum Gasteiger partial charge on any atom is -0.325 e. The average molecular weight is 496 g/mol. The number of amides is 1. The molecule has 0 aliphatic heterocycles. The fraction of sp³-hybridized carbons (Fsp3) is 0.167. The molecule has 2 aromatic carbocycles. The minimum absolute atomic E-state index is 0.0720. The maximum Gasteiger partial charge on any atom is 0.332 e. The Morgan fingerprint density at radius 1 is 1.06 bits per heavy atom. The summed E-state index contributed by atoms with van der Waals surface area (Å²) in [5.74, 6) is -0.157. The second kappa shape index (κ2) is 10.1. The van der Waals surface area contributed by atoms with Gasteiger partial charge >= 0.3 is 5.69 Å². The van der Waals surface area contributed by atoms with Crippen LogP contribution in [0.1, 0.15) is 5.56 Å². The number of imidazole rings is 1. The Balaban J connectivity index is 1.64. The van der Waals surface area contributed by atoms with Gasteiger partial charge in [0.15, 0.2) is 16.3 Å². The van der Waals surface area contributed by atoms with Crippen LogP contribution in [-0.2, 0) is 25.4 Å². The quantitative estimate of drug-likeness (QED) is 0.396. The fourth-order valence-corrected chi connectivity index (χ4v) is 4.36. The van der Waals surface area contributed by atoms with Gasteiger partial charge in [-0.15, -0.1) is 0 Å². The number of benzene rings is 2. The van der Waals surface area contributed by atoms with Crippen LogP contribution in [0.4, 0.5) is 5.69 Å². The van der Waals surface area contributed by atoms with Gasteiger partial charge in [-0.25, -0.2) is 9.78 Å². The molecule has 0 atom stereocenters. The number of aryl methyl sites for hydroxylation is 1. The van der Waals surface area contributed by atoms with Gasteiger partial charge in [-0.1, -0.05) is 65.8 Å². The minimum atomic E-state index is -0.459. The summed E-state index contributed by atoms with van der Waals surface area (Å²) in [6.07, 6.45) is 3.86. The molecule has 34 heavy (non-hydrogen) atoms. The third kappa shape index (κ3) is 5.00. The van der Waals surface area contributed by atoms with Gasteiger partial charge in [0.05, 0.1) is 5.75 Å². The van der Waals surface area contributed by atoms with Crippen LogP contribution in [0.3, 0.4) is 0 Å². The number of thioether (sulfide) groups is 1. The summed E-state index contributed by atoms with van der Waals surface area (Å²) in [6, 6.07) is 16.6. The summed E-state index contributed by atoms with van der Waals surface area (Å²) in [5, 5.41) is 3.86. The largest absolute Gasteiger partial charge is 0.332 e. The monoisotopic (exact) mass is 495 g/mol. The summed E-state index contributed by atoms with van der Waals surface area (Å²) in [4.78, 5) is 42.4. The average Bonchev–Trinajstić information content (AvgIpc) is 3.21. The van der Waals surface area contributed by atoms with Crippen LogP contribution >= 0.6 is 23.4 Å². The molecule has 0 saturated heterocycles. The predicted molar refractivity (Wildman–Crippen MR) is 136 cm³/mol. The molecule has 0 bridgehead atoms. The van der Waals surface area contributed by atoms with E-state index in [1.165, 1.54) is 23.4 Å². The Morgan fingerprint density at radius 2 is 1.76 bits per heavy atom. The fourth-order valence-electron chi connectivity index (χ4n) is 3.42. The second-order valence-electron chi connectivity index (χ2n) is 7.54. The van der Waals surface area contributed by atoms with Crippen molar-refractivity contribution in [3.8, 4) is 0 Å². The lowest BCUT2D eigenvalue weighted by Crippen LogP contribution is -2.37. The van der Waals surface area contributed by atoms with Crippen molar-refractivity contribution in [3.05, 3.63) is 92.1 Å². The molecule has 0 fully saturated rings. The molecule has 4 aromatic rings. The zero-order chi connectivity index (χ0) is 24.2. The van der Waals surface area contributed by atoms with E-state index in [9.17, 15) is 14.4 Å². The van der Waals surface area contributed by atoms with Crippen LogP contribution in [0.15, 0.2) is 75.4 Å². The van der Waals surface area contributed by atoms with Crippen molar-refractivity contribution in [2.24, 2.45) is 14.1 Å². The number of anilines is 1. The number of fused-ring (bicyclic) bond motifs is 1. The van der Waals surface area contributed by atoms with Gasteiger partial charge < -0.3 is 9.88 Å². The normalized spacial score (nSPS) is 11.4. The maximum atomic E-state index is 12.9. The molecule has 1 N–H and O–H groups in total. The van der Waals surface area contributed by atoms with E-state index >= 15 is 0 Å². The van der Waals surface area contributed by atoms with Crippen molar-refractivity contribution >= 4 is 52.2 Å². The van der Waals surface area contributed by atoms with Gasteiger partial charge in [0.2, 0.25) is 5.91 Å². The van der Waals surface area contributed by atoms with Gasteiger partial charge in [0.25, 0.3) is 5.56 Å². The molecule has 0 aliphatic carbocycles. The van der Waals surface area contributed by atoms with E-state index < -0.39 is 11.2 Å². The van der Waals surface area contributed by atoms with E-state index in [0.717, 1.165) is 10.1 Å². The number of carbonyl (C=O) groups is 1. The Hall–Kier alpha value is -3.56. The highest BCUT2D eigenvalue weighted by molar-refractivity contribution is 7.99. The van der Waals surface area contributed by atoms with E-state index in [2.05, 4.69) is 10.3 Å². The molecule has 4 rings (SSSR count). The number of nitrogens with zero attached hydrogens (tertiary/aromatic N) is 4. The number of allylic oxidation sites excluding steroid dienone is 1. The van der Waals surface area contributed by atoms with Crippen molar-refractivity contribution < 1.29 is 4.79 Å². The molecule has 0 saturated carbocycles. The molecular weight excluding hydrogens is 474 g/mol. The second-order valence-corrected chi connectivity index (χ2v) is 8.92. The van der Waals surface area contributed by atoms with E-state index in [-0.39, 0.29) is 17.3 Å². The highest BCUT2D eigenvalue weighted by atomic mass is 35.5. The van der Waals surface area contributed by atoms with E-state index in [1.54, 1.807) is 35.9 Å². The molecule has 1 amide bonds. The van der Waals surface area contributed by atoms with E-state index in [0.29, 0.717) is 27.9 Å². The molecule has 0 aliphatic rings. The Labute approximate surface area is 204 Å². The standard InChI is InChI=1S/C24H22ClN5O3S/c1-28-21-20(22(32)29(2)24(28)33)30(14-6-9-16-7-4-3-5-8-16)23(27-21)34-15-19(31)26-18-12-10-17(25)11-13-18/h3-13H,14-15H2,1-2H3,(H,26,31)/b9-6+. The number of aromatic nitrogens is 4. The first kappa shape index (κ1) is 23.6. The SMILES string of the molecule is Cn1c(=O)c2c(nc(SCC(=O)Nc3ccc(Cl)cc3)n2C/C=C/c2ccccc2)n(C)c1=O. The Morgan fingerprint density at radius 3 is 2.47 bits per heavy atom. The van der Waals surface area contributed by atoms with Gasteiger partial charge in [0, 0.05) is 31.4 Å². The summed E-state index contributed by atoms with van der Waals surface area (Å²) in [7, 11) is 3.01. The van der Waals surface area contributed by atoms with Crippen LogP contribution in [-0.4, -0.2) is 30.3 Å². The summed E-state index contributed by atoms with van der Waals surface area (Å²) in [5.41, 5.74) is 1.34. The summed E-state index contributed by atoms with van der Waals surface area (Å²) in [6.45, 7) is 0.347. The van der Waals surface area contributed by atoms with Crippen molar-refractivity contribution in [2.45, 2.75) is 11.7 Å². The van der Waals surface area contributed by atoms with Gasteiger partial charge in [-0.2, -0.15) is 0 Å². The molecule has 10 heteroatoms. The molecule has 174 valence electrons. The summed E-state index contributed by atoms with van der Waals surface area (Å²) < 4.78 is 4.13. The highest BCUT2D eigenvalue weighted by Gasteiger charge is 2.19.